The third-order valence-corrected chi connectivity index (χ3v) is 2.01. The second-order valence-corrected chi connectivity index (χ2v) is 3.33. The Morgan fingerprint density at radius 2 is 2.00 bits per heavy atom. The van der Waals surface area contributed by atoms with Crippen LogP contribution in [0.5, 0.6) is 11.5 Å². The Morgan fingerprint density at radius 3 is 2.56 bits per heavy atom. The maximum atomic E-state index is 11.2. The molecule has 0 aromatic heterocycles. The molecule has 0 bridgehead atoms. The van der Waals surface area contributed by atoms with Crippen LogP contribution in [0.4, 0.5) is 0 Å². The van der Waals surface area contributed by atoms with Crippen LogP contribution in [0, 0.1) is 0 Å². The van der Waals surface area contributed by atoms with E-state index in [9.17, 15) is 15.0 Å². The van der Waals surface area contributed by atoms with Gasteiger partial charge in [0.2, 0.25) is 5.91 Å². The van der Waals surface area contributed by atoms with Gasteiger partial charge in [-0.2, -0.15) is 0 Å². The highest BCUT2D eigenvalue weighted by Crippen LogP contribution is 2.27. The lowest BCUT2D eigenvalue weighted by molar-refractivity contribution is -0.116. The number of phenols is 2. The molecule has 0 atom stereocenters. The van der Waals surface area contributed by atoms with E-state index < -0.39 is 0 Å². The highest BCUT2D eigenvalue weighted by molar-refractivity contribution is 5.92. The summed E-state index contributed by atoms with van der Waals surface area (Å²) in [5.74, 6) is -0.358. The molecule has 0 aliphatic carbocycles. The van der Waals surface area contributed by atoms with E-state index in [0.29, 0.717) is 6.54 Å². The summed E-state index contributed by atoms with van der Waals surface area (Å²) in [6.45, 7) is 2.56. The minimum atomic E-state index is -0.246. The fourth-order valence-corrected chi connectivity index (χ4v) is 1.18. The highest BCUT2D eigenvalue weighted by Gasteiger charge is 2.03. The third kappa shape index (κ3) is 3.31. The minimum Gasteiger partial charge on any atom is -0.507 e. The molecule has 0 heterocycles. The van der Waals surface area contributed by atoms with Gasteiger partial charge < -0.3 is 15.5 Å². The second kappa shape index (κ2) is 5.80. The van der Waals surface area contributed by atoms with Crippen molar-refractivity contribution in [1.29, 1.82) is 0 Å². The summed E-state index contributed by atoms with van der Waals surface area (Å²) >= 11 is 0. The van der Waals surface area contributed by atoms with Crippen LogP contribution < -0.4 is 5.32 Å². The van der Waals surface area contributed by atoms with Gasteiger partial charge in [0.25, 0.3) is 0 Å². The van der Waals surface area contributed by atoms with Gasteiger partial charge in [0.05, 0.1) is 5.56 Å². The summed E-state index contributed by atoms with van der Waals surface area (Å²) in [5.41, 5.74) is 0.245. The molecule has 0 unspecified atom stereocenters. The van der Waals surface area contributed by atoms with Gasteiger partial charge in [-0.1, -0.05) is 13.0 Å². The highest BCUT2D eigenvalue weighted by atomic mass is 16.3. The molecular weight excluding hydrogens is 206 g/mol. The molecule has 0 aliphatic rings. The monoisotopic (exact) mass is 221 g/mol. The Bertz CT molecular complexity index is 379. The summed E-state index contributed by atoms with van der Waals surface area (Å²) in [5, 5.41) is 21.5. The summed E-state index contributed by atoms with van der Waals surface area (Å²) in [6.07, 6.45) is 3.53. The summed E-state index contributed by atoms with van der Waals surface area (Å²) in [4.78, 5) is 11.2. The smallest absolute Gasteiger partial charge is 0.244 e. The second-order valence-electron chi connectivity index (χ2n) is 3.33. The van der Waals surface area contributed by atoms with Crippen molar-refractivity contribution in [2.24, 2.45) is 0 Å². The van der Waals surface area contributed by atoms with Gasteiger partial charge in [-0.25, -0.2) is 0 Å². The van der Waals surface area contributed by atoms with Crippen molar-refractivity contribution in [3.05, 3.63) is 29.8 Å². The number of hydrogen-bond donors (Lipinski definition) is 3. The molecule has 0 saturated carbocycles. The maximum Gasteiger partial charge on any atom is 0.244 e. The number of nitrogens with one attached hydrogen (secondary N) is 1. The van der Waals surface area contributed by atoms with Crippen molar-refractivity contribution in [3.63, 3.8) is 0 Å². The molecule has 0 aliphatic heterocycles. The first-order valence-electron chi connectivity index (χ1n) is 5.12. The quantitative estimate of drug-likeness (QED) is 0.677. The topological polar surface area (TPSA) is 69.6 Å². The van der Waals surface area contributed by atoms with Gasteiger partial charge in [-0.05, 0) is 24.6 Å². The molecule has 1 rings (SSSR count). The van der Waals surface area contributed by atoms with Crippen molar-refractivity contribution < 1.29 is 15.0 Å². The van der Waals surface area contributed by atoms with Crippen molar-refractivity contribution in [3.8, 4) is 11.5 Å². The molecule has 1 amide bonds. The predicted octanol–water partition coefficient (Wildman–Crippen LogP) is 1.64. The molecule has 86 valence electrons. The summed E-state index contributed by atoms with van der Waals surface area (Å²) in [7, 11) is 0. The van der Waals surface area contributed by atoms with Crippen molar-refractivity contribution in [1.82, 2.24) is 5.32 Å². The predicted molar refractivity (Wildman–Crippen MR) is 62.1 cm³/mol. The average molecular weight is 221 g/mol. The molecule has 0 fully saturated rings. The first-order valence-corrected chi connectivity index (χ1v) is 5.12. The zero-order chi connectivity index (χ0) is 12.0. The number of benzene rings is 1. The standard InChI is InChI=1S/C12H15NO3/c1-2-8-13-12(16)7-6-9-10(14)4-3-5-11(9)15/h3-7,14-15H,2,8H2,1H3,(H,13,16)/b7-6+. The van der Waals surface area contributed by atoms with Crippen molar-refractivity contribution in [2.45, 2.75) is 13.3 Å². The molecule has 4 nitrogen and oxygen atoms in total. The average Bonchev–Trinajstić information content (AvgIpc) is 2.25. The number of aromatic hydroxyl groups is 2. The van der Waals surface area contributed by atoms with Crippen LogP contribution in [0.3, 0.4) is 0 Å². The zero-order valence-corrected chi connectivity index (χ0v) is 9.10. The lowest BCUT2D eigenvalue weighted by Crippen LogP contribution is -2.21. The molecule has 0 spiro atoms. The third-order valence-electron chi connectivity index (χ3n) is 2.01. The Hall–Kier alpha value is -1.97. The van der Waals surface area contributed by atoms with Crippen LogP contribution in [0.15, 0.2) is 24.3 Å². The van der Waals surface area contributed by atoms with Gasteiger partial charge in [0.15, 0.2) is 0 Å². The van der Waals surface area contributed by atoms with Gasteiger partial charge in [-0.15, -0.1) is 0 Å². The van der Waals surface area contributed by atoms with E-state index in [0.717, 1.165) is 6.42 Å². The minimum absolute atomic E-state index is 0.0560. The lowest BCUT2D eigenvalue weighted by Gasteiger charge is -2.02. The lowest BCUT2D eigenvalue weighted by atomic mass is 10.1. The van der Waals surface area contributed by atoms with E-state index in [1.807, 2.05) is 6.92 Å². The maximum absolute atomic E-state index is 11.2. The Kier molecular flexibility index (Phi) is 4.39. The Labute approximate surface area is 94.2 Å². The molecule has 0 radical (unpaired) electrons. The van der Waals surface area contributed by atoms with E-state index in [1.165, 1.54) is 30.4 Å². The first kappa shape index (κ1) is 12.1. The van der Waals surface area contributed by atoms with Gasteiger partial charge in [0, 0.05) is 12.6 Å². The fourth-order valence-electron chi connectivity index (χ4n) is 1.18. The van der Waals surface area contributed by atoms with E-state index in [4.69, 9.17) is 0 Å². The number of rotatable bonds is 4. The van der Waals surface area contributed by atoms with Crippen molar-refractivity contribution >= 4 is 12.0 Å². The fraction of sp³-hybridized carbons (Fsp3) is 0.250. The van der Waals surface area contributed by atoms with E-state index in [-0.39, 0.29) is 23.0 Å². The van der Waals surface area contributed by atoms with Crippen LogP contribution in [-0.2, 0) is 4.79 Å². The van der Waals surface area contributed by atoms with Crippen LogP contribution in [-0.4, -0.2) is 22.7 Å². The molecule has 1 aromatic rings. The van der Waals surface area contributed by atoms with Crippen LogP contribution in [0.25, 0.3) is 6.08 Å². The number of carbonyl (C=O) groups excluding carboxylic acids is 1. The molecule has 16 heavy (non-hydrogen) atoms. The molecule has 1 aromatic carbocycles. The number of phenolic OH excluding ortho intramolecular Hbond substituents is 2. The SMILES string of the molecule is CCCNC(=O)/C=C/c1c(O)cccc1O. The Balaban J connectivity index is 2.72. The Morgan fingerprint density at radius 1 is 1.38 bits per heavy atom. The normalized spacial score (nSPS) is 10.6. The van der Waals surface area contributed by atoms with Crippen LogP contribution in [0.2, 0.25) is 0 Å². The van der Waals surface area contributed by atoms with Gasteiger partial charge >= 0.3 is 0 Å². The number of amides is 1. The van der Waals surface area contributed by atoms with E-state index in [1.54, 1.807) is 0 Å². The molecule has 4 heteroatoms. The first-order chi connectivity index (χ1) is 7.65. The van der Waals surface area contributed by atoms with Crippen molar-refractivity contribution in [2.75, 3.05) is 6.54 Å². The summed E-state index contributed by atoms with van der Waals surface area (Å²) < 4.78 is 0. The largest absolute Gasteiger partial charge is 0.507 e. The van der Waals surface area contributed by atoms with Crippen LogP contribution in [0.1, 0.15) is 18.9 Å². The van der Waals surface area contributed by atoms with E-state index >= 15 is 0 Å². The molecule has 3 N–H and O–H groups in total. The van der Waals surface area contributed by atoms with Gasteiger partial charge in [-0.3, -0.25) is 4.79 Å². The number of carbonyl (C=O) groups is 1. The number of hydrogen-bond acceptors (Lipinski definition) is 3. The zero-order valence-electron chi connectivity index (χ0n) is 9.10. The van der Waals surface area contributed by atoms with Crippen LogP contribution >= 0.6 is 0 Å². The van der Waals surface area contributed by atoms with E-state index in [2.05, 4.69) is 5.32 Å². The molecule has 0 saturated heterocycles. The molecular formula is C12H15NO3. The summed E-state index contributed by atoms with van der Waals surface area (Å²) in [6, 6.07) is 4.42. The van der Waals surface area contributed by atoms with Gasteiger partial charge in [0.1, 0.15) is 11.5 Å².